The Hall–Kier alpha value is -1.12. The van der Waals surface area contributed by atoms with E-state index in [4.69, 9.17) is 4.74 Å². The van der Waals surface area contributed by atoms with E-state index in [1.54, 1.807) is 7.85 Å². The third-order valence-electron chi connectivity index (χ3n) is 0.500. The first-order valence-electron chi connectivity index (χ1n) is 2.51. The Kier molecular flexibility index (Phi) is 4.41. The zero-order chi connectivity index (χ0) is 7.11. The standard InChI is InChI=1S/C6H9BO2/c1-3-8-4-5-9-6(2)7/h3-5H,1-2,7H2/b5-4+. The summed E-state index contributed by atoms with van der Waals surface area (Å²) in [7, 11) is 1.75. The lowest BCUT2D eigenvalue weighted by Gasteiger charge is -1.93. The summed E-state index contributed by atoms with van der Waals surface area (Å²) in [4.78, 5) is 0. The SMILES string of the molecule is BC(=C)O/C=C/OC=C. The van der Waals surface area contributed by atoms with Crippen LogP contribution in [0, 0.1) is 0 Å². The summed E-state index contributed by atoms with van der Waals surface area (Å²) in [5, 5.41) is 0. The van der Waals surface area contributed by atoms with E-state index in [0.29, 0.717) is 5.66 Å². The van der Waals surface area contributed by atoms with Crippen LogP contribution in [0.4, 0.5) is 0 Å². The highest BCUT2D eigenvalue weighted by Crippen LogP contribution is 1.86. The largest absolute Gasteiger partial charge is 0.478 e. The second-order valence-corrected chi connectivity index (χ2v) is 1.39. The third-order valence-corrected chi connectivity index (χ3v) is 0.500. The average molecular weight is 124 g/mol. The number of rotatable bonds is 4. The van der Waals surface area contributed by atoms with Gasteiger partial charge in [-0.3, -0.25) is 0 Å². The fourth-order valence-corrected chi connectivity index (χ4v) is 0.232. The van der Waals surface area contributed by atoms with Crippen LogP contribution in [-0.2, 0) is 9.47 Å². The van der Waals surface area contributed by atoms with Crippen molar-refractivity contribution in [2.24, 2.45) is 0 Å². The zero-order valence-electron chi connectivity index (χ0n) is 5.46. The van der Waals surface area contributed by atoms with E-state index in [2.05, 4.69) is 17.9 Å². The molecule has 0 aromatic carbocycles. The molecule has 0 aliphatic heterocycles. The predicted octanol–water partition coefficient (Wildman–Crippen LogP) is 0.739. The average Bonchev–Trinajstić information content (AvgIpc) is 1.80. The van der Waals surface area contributed by atoms with Crippen LogP contribution in [0.1, 0.15) is 0 Å². The predicted molar refractivity (Wildman–Crippen MR) is 39.2 cm³/mol. The van der Waals surface area contributed by atoms with Gasteiger partial charge in [0.2, 0.25) is 0 Å². The molecule has 0 aliphatic rings. The molecule has 0 N–H and O–H groups in total. The molecule has 0 atom stereocenters. The number of hydrogen-bond acceptors (Lipinski definition) is 2. The van der Waals surface area contributed by atoms with Gasteiger partial charge in [0.25, 0.3) is 0 Å². The Morgan fingerprint density at radius 2 is 2.11 bits per heavy atom. The molecule has 0 fully saturated rings. The van der Waals surface area contributed by atoms with Gasteiger partial charge in [-0.1, -0.05) is 13.2 Å². The summed E-state index contributed by atoms with van der Waals surface area (Å²) in [6.07, 6.45) is 4.07. The smallest absolute Gasteiger partial charge is 0.185 e. The van der Waals surface area contributed by atoms with Crippen molar-refractivity contribution in [2.75, 3.05) is 0 Å². The van der Waals surface area contributed by atoms with E-state index in [1.807, 2.05) is 0 Å². The Morgan fingerprint density at radius 3 is 2.56 bits per heavy atom. The fourth-order valence-electron chi connectivity index (χ4n) is 0.232. The van der Waals surface area contributed by atoms with E-state index in [9.17, 15) is 0 Å². The first-order chi connectivity index (χ1) is 4.27. The van der Waals surface area contributed by atoms with Gasteiger partial charge >= 0.3 is 0 Å². The summed E-state index contributed by atoms with van der Waals surface area (Å²) in [5.74, 6) is 0. The van der Waals surface area contributed by atoms with Crippen LogP contribution in [0.15, 0.2) is 37.6 Å². The van der Waals surface area contributed by atoms with Crippen molar-refractivity contribution in [3.05, 3.63) is 37.6 Å². The number of hydrogen-bond donors (Lipinski definition) is 0. The maximum atomic E-state index is 4.80. The van der Waals surface area contributed by atoms with Crippen LogP contribution in [0.3, 0.4) is 0 Å². The maximum Gasteiger partial charge on any atom is 0.185 e. The molecule has 0 heterocycles. The summed E-state index contributed by atoms with van der Waals surface area (Å²) in [6.45, 7) is 6.82. The summed E-state index contributed by atoms with van der Waals surface area (Å²) in [5.41, 5.74) is 0.624. The molecule has 0 saturated heterocycles. The maximum absolute atomic E-state index is 4.80. The van der Waals surface area contributed by atoms with E-state index in [0.717, 1.165) is 0 Å². The van der Waals surface area contributed by atoms with E-state index in [1.165, 1.54) is 18.8 Å². The molecule has 0 bridgehead atoms. The molecule has 2 nitrogen and oxygen atoms in total. The Morgan fingerprint density at radius 1 is 1.44 bits per heavy atom. The third kappa shape index (κ3) is 6.88. The normalized spacial score (nSPS) is 8.89. The Labute approximate surface area is 55.9 Å². The lowest BCUT2D eigenvalue weighted by molar-refractivity contribution is 0.337. The highest BCUT2D eigenvalue weighted by Gasteiger charge is 1.74. The van der Waals surface area contributed by atoms with Gasteiger partial charge in [-0.15, -0.1) is 0 Å². The van der Waals surface area contributed by atoms with Gasteiger partial charge < -0.3 is 9.47 Å². The molecule has 0 radical (unpaired) electrons. The highest BCUT2D eigenvalue weighted by atomic mass is 16.5. The van der Waals surface area contributed by atoms with Gasteiger partial charge in [0.1, 0.15) is 12.5 Å². The van der Waals surface area contributed by atoms with Crippen LogP contribution in [0.25, 0.3) is 0 Å². The minimum Gasteiger partial charge on any atom is -0.478 e. The van der Waals surface area contributed by atoms with Gasteiger partial charge in [-0.05, 0) is 0 Å². The van der Waals surface area contributed by atoms with Gasteiger partial charge in [-0.2, -0.15) is 0 Å². The molecule has 0 rings (SSSR count). The molecule has 0 amide bonds. The van der Waals surface area contributed by atoms with Gasteiger partial charge in [0, 0.05) is 5.66 Å². The van der Waals surface area contributed by atoms with Crippen molar-refractivity contribution in [2.45, 2.75) is 0 Å². The molecular weight excluding hydrogens is 115 g/mol. The van der Waals surface area contributed by atoms with Gasteiger partial charge in [0.05, 0.1) is 6.26 Å². The van der Waals surface area contributed by atoms with Crippen LogP contribution in [-0.4, -0.2) is 7.85 Å². The van der Waals surface area contributed by atoms with E-state index < -0.39 is 0 Å². The monoisotopic (exact) mass is 124 g/mol. The molecule has 0 saturated carbocycles. The minimum atomic E-state index is 0.624. The Bertz CT molecular complexity index is 129. The van der Waals surface area contributed by atoms with Crippen molar-refractivity contribution in [3.8, 4) is 0 Å². The highest BCUT2D eigenvalue weighted by molar-refractivity contribution is 6.19. The van der Waals surface area contributed by atoms with Crippen molar-refractivity contribution >= 4 is 7.85 Å². The molecule has 0 aliphatic carbocycles. The molecule has 0 aromatic rings. The first kappa shape index (κ1) is 7.88. The van der Waals surface area contributed by atoms with Gasteiger partial charge in [-0.25, -0.2) is 0 Å². The van der Waals surface area contributed by atoms with Crippen molar-refractivity contribution < 1.29 is 9.47 Å². The minimum absolute atomic E-state index is 0.624. The number of ether oxygens (including phenoxy) is 2. The van der Waals surface area contributed by atoms with Crippen LogP contribution >= 0.6 is 0 Å². The molecule has 9 heavy (non-hydrogen) atoms. The van der Waals surface area contributed by atoms with Crippen LogP contribution in [0.2, 0.25) is 0 Å². The van der Waals surface area contributed by atoms with Crippen molar-refractivity contribution in [1.82, 2.24) is 0 Å². The first-order valence-corrected chi connectivity index (χ1v) is 2.51. The van der Waals surface area contributed by atoms with Crippen molar-refractivity contribution in [3.63, 3.8) is 0 Å². The molecule has 48 valence electrons. The molecule has 0 aromatic heterocycles. The topological polar surface area (TPSA) is 18.5 Å². The molecular formula is C6H9BO2. The lowest BCUT2D eigenvalue weighted by atomic mass is 10.1. The molecule has 0 spiro atoms. The summed E-state index contributed by atoms with van der Waals surface area (Å²) >= 11 is 0. The van der Waals surface area contributed by atoms with Crippen LogP contribution in [0.5, 0.6) is 0 Å². The second-order valence-electron chi connectivity index (χ2n) is 1.39. The summed E-state index contributed by atoms with van der Waals surface area (Å²) in [6, 6.07) is 0. The Balaban J connectivity index is 3.24. The quantitative estimate of drug-likeness (QED) is 0.406. The van der Waals surface area contributed by atoms with E-state index in [-0.39, 0.29) is 0 Å². The lowest BCUT2D eigenvalue weighted by Crippen LogP contribution is -1.78. The van der Waals surface area contributed by atoms with Crippen LogP contribution < -0.4 is 0 Å². The van der Waals surface area contributed by atoms with E-state index >= 15 is 0 Å². The van der Waals surface area contributed by atoms with Crippen molar-refractivity contribution in [1.29, 1.82) is 0 Å². The molecule has 3 heteroatoms. The molecule has 0 unspecified atom stereocenters. The zero-order valence-corrected chi connectivity index (χ0v) is 5.46. The summed E-state index contributed by atoms with van der Waals surface area (Å²) < 4.78 is 9.40. The second kappa shape index (κ2) is 5.03. The van der Waals surface area contributed by atoms with Gasteiger partial charge in [0.15, 0.2) is 7.85 Å². The fraction of sp³-hybridized carbons (Fsp3) is 0.